The molecule has 11 rings (SSSR count). The Morgan fingerprint density at radius 1 is 0.345 bits per heavy atom. The van der Waals surface area contributed by atoms with Gasteiger partial charge >= 0.3 is 0 Å². The molecule has 6 nitrogen and oxygen atoms in total. The Morgan fingerprint density at radius 3 is 1.22 bits per heavy atom. The van der Waals surface area contributed by atoms with Gasteiger partial charge in [0.25, 0.3) is 0 Å². The van der Waals surface area contributed by atoms with E-state index in [0.717, 1.165) is 72.0 Å². The maximum Gasteiger partial charge on any atom is 0.164 e. The first-order chi connectivity index (χ1) is 28.7. The predicted molar refractivity (Wildman–Crippen MR) is 235 cm³/mol. The van der Waals surface area contributed by atoms with Crippen LogP contribution in [0.4, 0.5) is 0 Å². The smallest absolute Gasteiger partial charge is 0.164 e. The number of hydrogen-bond acceptors (Lipinski definition) is 4. The van der Waals surface area contributed by atoms with Gasteiger partial charge in [-0.25, -0.2) is 15.0 Å². The molecule has 3 heterocycles. The van der Waals surface area contributed by atoms with Gasteiger partial charge in [-0.1, -0.05) is 140 Å². The molecule has 0 unspecified atom stereocenters. The molecule has 0 saturated carbocycles. The Balaban J connectivity index is 1.24. The van der Waals surface area contributed by atoms with E-state index >= 15 is 0 Å². The van der Waals surface area contributed by atoms with Crippen molar-refractivity contribution in [3.63, 3.8) is 0 Å². The van der Waals surface area contributed by atoms with Crippen molar-refractivity contribution in [1.82, 2.24) is 24.1 Å². The average Bonchev–Trinajstić information content (AvgIpc) is 3.82. The summed E-state index contributed by atoms with van der Waals surface area (Å²) < 4.78 is 4.66. The lowest BCUT2D eigenvalue weighted by Crippen LogP contribution is -2.04. The van der Waals surface area contributed by atoms with Crippen LogP contribution in [0, 0.1) is 11.3 Å². The fraction of sp³-hybridized carbons (Fsp3) is 0. The van der Waals surface area contributed by atoms with Gasteiger partial charge in [0.15, 0.2) is 17.5 Å². The predicted octanol–water partition coefficient (Wildman–Crippen LogP) is 12.6. The molecule has 3 aromatic heterocycles. The maximum absolute atomic E-state index is 10.3. The van der Waals surface area contributed by atoms with Crippen LogP contribution in [0.15, 0.2) is 194 Å². The Labute approximate surface area is 334 Å². The van der Waals surface area contributed by atoms with Crippen molar-refractivity contribution >= 4 is 43.6 Å². The first-order valence-corrected chi connectivity index (χ1v) is 19.3. The van der Waals surface area contributed by atoms with Crippen LogP contribution in [0.25, 0.3) is 100 Å². The number of nitrogens with zero attached hydrogens (tertiary/aromatic N) is 6. The summed E-state index contributed by atoms with van der Waals surface area (Å²) in [5, 5.41) is 15.0. The largest absolute Gasteiger partial charge is 0.309 e. The molecule has 270 valence electrons. The van der Waals surface area contributed by atoms with E-state index in [1.807, 2.05) is 72.8 Å². The summed E-state index contributed by atoms with van der Waals surface area (Å²) in [5.41, 5.74) is 11.4. The molecule has 0 aliphatic heterocycles. The lowest BCUT2D eigenvalue weighted by Gasteiger charge is -2.20. The third kappa shape index (κ3) is 5.37. The molecule has 0 aliphatic rings. The SMILES string of the molecule is N#Cc1ccc(-c2cc(-c3nc(-c4ccccc4)nc(-c4ccccc4)n3)ccc2-n2c3ccccc3c3ccccc32)c(-n2c3ccccc3c3ccccc32)c1. The summed E-state index contributed by atoms with van der Waals surface area (Å²) in [6, 6.07) is 69.2. The van der Waals surface area contributed by atoms with Crippen LogP contribution in [0.5, 0.6) is 0 Å². The molecule has 0 N–H and O–H groups in total. The standard InChI is InChI=1S/C52H32N6/c53-33-34-27-29-42(49(31-34)58-46-25-13-9-21-40(46)41-22-10-14-26-47(41)58)43-32-37(28-30-48(43)57-44-23-11-7-19-38(44)39-20-8-12-24-45(39)57)52-55-50(35-15-3-1-4-16-35)54-51(56-52)36-17-5-2-6-18-36/h1-32H. The van der Waals surface area contributed by atoms with Gasteiger partial charge in [0.2, 0.25) is 0 Å². The molecule has 0 atom stereocenters. The third-order valence-corrected chi connectivity index (χ3v) is 11.0. The molecule has 0 spiro atoms. The molecule has 0 amide bonds. The minimum Gasteiger partial charge on any atom is -0.309 e. The highest BCUT2D eigenvalue weighted by molar-refractivity contribution is 6.11. The molecule has 58 heavy (non-hydrogen) atoms. The molecule has 0 bridgehead atoms. The summed E-state index contributed by atoms with van der Waals surface area (Å²) >= 11 is 0. The number of hydrogen-bond donors (Lipinski definition) is 0. The number of aromatic nitrogens is 5. The van der Waals surface area contributed by atoms with Gasteiger partial charge in [0.1, 0.15) is 0 Å². The summed E-state index contributed by atoms with van der Waals surface area (Å²) in [6.07, 6.45) is 0. The fourth-order valence-electron chi connectivity index (χ4n) is 8.40. The fourth-order valence-corrected chi connectivity index (χ4v) is 8.40. The van der Waals surface area contributed by atoms with Crippen molar-refractivity contribution in [2.45, 2.75) is 0 Å². The number of fused-ring (bicyclic) bond motifs is 6. The Bertz CT molecular complexity index is 3240. The average molecular weight is 741 g/mol. The zero-order valence-corrected chi connectivity index (χ0v) is 31.2. The summed E-state index contributed by atoms with van der Waals surface area (Å²) in [5.74, 6) is 1.76. The molecule has 0 aliphatic carbocycles. The van der Waals surface area contributed by atoms with Gasteiger partial charge in [-0.3, -0.25) is 0 Å². The van der Waals surface area contributed by atoms with Gasteiger partial charge in [-0.05, 0) is 54.6 Å². The number of rotatable bonds is 6. The summed E-state index contributed by atoms with van der Waals surface area (Å²) in [7, 11) is 0. The van der Waals surface area contributed by atoms with Gasteiger partial charge in [-0.2, -0.15) is 5.26 Å². The van der Waals surface area contributed by atoms with E-state index in [-0.39, 0.29) is 0 Å². The van der Waals surface area contributed by atoms with E-state index in [2.05, 4.69) is 137 Å². The number of nitriles is 1. The first kappa shape index (κ1) is 33.2. The highest BCUT2D eigenvalue weighted by Crippen LogP contribution is 2.42. The van der Waals surface area contributed by atoms with Crippen molar-refractivity contribution in [3.05, 3.63) is 200 Å². The summed E-state index contributed by atoms with van der Waals surface area (Å²) in [4.78, 5) is 15.2. The van der Waals surface area contributed by atoms with Crippen LogP contribution >= 0.6 is 0 Å². The van der Waals surface area contributed by atoms with Gasteiger partial charge in [0.05, 0.1) is 45.1 Å². The Morgan fingerprint density at radius 2 is 0.759 bits per heavy atom. The minimum atomic E-state index is 0.565. The monoisotopic (exact) mass is 740 g/mol. The lowest BCUT2D eigenvalue weighted by atomic mass is 9.96. The van der Waals surface area contributed by atoms with Crippen molar-refractivity contribution in [2.75, 3.05) is 0 Å². The van der Waals surface area contributed by atoms with Crippen LogP contribution in [-0.4, -0.2) is 24.1 Å². The second kappa shape index (κ2) is 13.6. The van der Waals surface area contributed by atoms with Crippen molar-refractivity contribution in [3.8, 4) is 62.7 Å². The highest BCUT2D eigenvalue weighted by atomic mass is 15.0. The van der Waals surface area contributed by atoms with Crippen LogP contribution < -0.4 is 0 Å². The third-order valence-electron chi connectivity index (χ3n) is 11.0. The molecule has 0 radical (unpaired) electrons. The zero-order chi connectivity index (χ0) is 38.6. The van der Waals surface area contributed by atoms with E-state index in [4.69, 9.17) is 15.0 Å². The van der Waals surface area contributed by atoms with Crippen LogP contribution in [0.3, 0.4) is 0 Å². The highest BCUT2D eigenvalue weighted by Gasteiger charge is 2.22. The first-order valence-electron chi connectivity index (χ1n) is 19.3. The maximum atomic E-state index is 10.3. The molecular weight excluding hydrogens is 709 g/mol. The summed E-state index contributed by atoms with van der Waals surface area (Å²) in [6.45, 7) is 0. The van der Waals surface area contributed by atoms with E-state index in [0.29, 0.717) is 23.0 Å². The normalized spacial score (nSPS) is 11.4. The van der Waals surface area contributed by atoms with Crippen LogP contribution in [-0.2, 0) is 0 Å². The Hall–Kier alpha value is -8.14. The van der Waals surface area contributed by atoms with Crippen LogP contribution in [0.2, 0.25) is 0 Å². The van der Waals surface area contributed by atoms with Crippen LogP contribution in [0.1, 0.15) is 5.56 Å². The van der Waals surface area contributed by atoms with Gasteiger partial charge in [0, 0.05) is 49.4 Å². The Kier molecular flexibility index (Phi) is 7.76. The second-order valence-corrected chi connectivity index (χ2v) is 14.4. The van der Waals surface area contributed by atoms with Crippen molar-refractivity contribution < 1.29 is 0 Å². The van der Waals surface area contributed by atoms with Crippen molar-refractivity contribution in [1.29, 1.82) is 5.26 Å². The van der Waals surface area contributed by atoms with E-state index in [9.17, 15) is 5.26 Å². The molecular formula is C52H32N6. The molecule has 0 fully saturated rings. The minimum absolute atomic E-state index is 0.565. The van der Waals surface area contributed by atoms with E-state index in [1.54, 1.807) is 0 Å². The number of benzene rings is 8. The zero-order valence-electron chi connectivity index (χ0n) is 31.2. The quantitative estimate of drug-likeness (QED) is 0.170. The lowest BCUT2D eigenvalue weighted by molar-refractivity contribution is 1.07. The molecule has 6 heteroatoms. The second-order valence-electron chi connectivity index (χ2n) is 14.4. The van der Waals surface area contributed by atoms with Gasteiger partial charge in [-0.15, -0.1) is 0 Å². The molecule has 11 aromatic rings. The van der Waals surface area contributed by atoms with E-state index in [1.165, 1.54) is 10.8 Å². The molecule has 0 saturated heterocycles. The van der Waals surface area contributed by atoms with Gasteiger partial charge < -0.3 is 9.13 Å². The number of para-hydroxylation sites is 4. The van der Waals surface area contributed by atoms with Crippen molar-refractivity contribution in [2.24, 2.45) is 0 Å². The topological polar surface area (TPSA) is 72.3 Å². The molecule has 8 aromatic carbocycles. The van der Waals surface area contributed by atoms with E-state index < -0.39 is 0 Å².